The van der Waals surface area contributed by atoms with Crippen molar-refractivity contribution in [3.63, 3.8) is 0 Å². The maximum atomic E-state index is 13.4. The second-order valence-corrected chi connectivity index (χ2v) is 13.7. The number of carbonyl (C=O) groups excluding carboxylic acids is 7. The van der Waals surface area contributed by atoms with Gasteiger partial charge in [-0.1, -0.05) is 20.3 Å². The SMILES string of the molecule is CC(C)[C@H](NC(=O)CCCCCN1C(=O)C=CC1=O)C(=O)N[C@@H](CCCNC(N)=O)C(=O)Nc1ccc(OC(=O)N(C)CCN2CCN(C(=O)O)CC2)cc1. The molecule has 3 rings (SSSR count). The molecule has 2 aliphatic rings. The van der Waals surface area contributed by atoms with Gasteiger partial charge in [-0.2, -0.15) is 0 Å². The molecule has 0 aromatic heterocycles. The summed E-state index contributed by atoms with van der Waals surface area (Å²) in [7, 11) is 1.60. The predicted molar refractivity (Wildman–Crippen MR) is 200 cm³/mol. The molecule has 0 saturated carbocycles. The standard InChI is InChI=1S/C36H53N9O10/c1-24(2)31(41-28(46)9-5-4-6-17-45-29(47)14-15-30(45)48)33(50)40-27(8-7-16-38-34(37)51)32(49)39-25-10-12-26(13-11-25)55-36(54)42(3)18-19-43-20-22-44(23-21-43)35(52)53/h10-15,24,27,31H,4-9,16-23H2,1-3H3,(H,39,49)(H,40,50)(H,41,46)(H,52,53)(H3,37,38,51)/t27-,31-/m0/s1. The zero-order valence-electron chi connectivity index (χ0n) is 31.6. The molecule has 0 spiro atoms. The van der Waals surface area contributed by atoms with Crippen LogP contribution in [0.1, 0.15) is 52.4 Å². The minimum atomic E-state index is -1.05. The van der Waals surface area contributed by atoms with Crippen LogP contribution in [0.15, 0.2) is 36.4 Å². The highest BCUT2D eigenvalue weighted by Gasteiger charge is 2.29. The molecular weight excluding hydrogens is 718 g/mol. The summed E-state index contributed by atoms with van der Waals surface area (Å²) in [4.78, 5) is 104. The molecule has 302 valence electrons. The lowest BCUT2D eigenvalue weighted by molar-refractivity contribution is -0.137. The van der Waals surface area contributed by atoms with Gasteiger partial charge in [-0.05, 0) is 55.9 Å². The Kier molecular flexibility index (Phi) is 17.4. The monoisotopic (exact) mass is 771 g/mol. The van der Waals surface area contributed by atoms with E-state index in [1.807, 2.05) is 0 Å². The first-order chi connectivity index (χ1) is 26.1. The Morgan fingerprint density at radius 1 is 0.873 bits per heavy atom. The van der Waals surface area contributed by atoms with E-state index in [4.69, 9.17) is 15.6 Å². The molecule has 55 heavy (non-hydrogen) atoms. The number of benzene rings is 1. The van der Waals surface area contributed by atoms with Gasteiger partial charge in [-0.3, -0.25) is 33.8 Å². The number of hydrogen-bond donors (Lipinski definition) is 6. The Labute approximate surface area is 319 Å². The number of likely N-dealkylation sites (N-methyl/N-ethyl adjacent to an activating group) is 1. The van der Waals surface area contributed by atoms with Crippen LogP contribution < -0.4 is 31.7 Å². The first-order valence-corrected chi connectivity index (χ1v) is 18.3. The number of piperazine rings is 1. The van der Waals surface area contributed by atoms with Crippen molar-refractivity contribution in [2.75, 3.05) is 64.7 Å². The van der Waals surface area contributed by atoms with E-state index in [1.54, 1.807) is 20.9 Å². The second kappa shape index (κ2) is 21.9. The molecule has 1 fully saturated rings. The van der Waals surface area contributed by atoms with Crippen LogP contribution in [0.4, 0.5) is 20.1 Å². The highest BCUT2D eigenvalue weighted by Crippen LogP contribution is 2.18. The topological polar surface area (TPSA) is 253 Å². The maximum absolute atomic E-state index is 13.4. The van der Waals surface area contributed by atoms with E-state index in [0.29, 0.717) is 70.6 Å². The number of hydrogen-bond acceptors (Lipinski definition) is 10. The fourth-order valence-electron chi connectivity index (χ4n) is 5.77. The molecule has 19 heteroatoms. The quantitative estimate of drug-likeness (QED) is 0.0803. The Morgan fingerprint density at radius 2 is 1.53 bits per heavy atom. The normalized spacial score (nSPS) is 15.3. The van der Waals surface area contributed by atoms with E-state index in [1.165, 1.54) is 46.2 Å². The molecule has 2 heterocycles. The van der Waals surface area contributed by atoms with Gasteiger partial charge in [0.15, 0.2) is 0 Å². The summed E-state index contributed by atoms with van der Waals surface area (Å²) in [5.41, 5.74) is 5.51. The van der Waals surface area contributed by atoms with E-state index >= 15 is 0 Å². The van der Waals surface area contributed by atoms with E-state index in [9.17, 15) is 38.4 Å². The van der Waals surface area contributed by atoms with Crippen molar-refractivity contribution in [1.82, 2.24) is 35.6 Å². The zero-order chi connectivity index (χ0) is 40.5. The number of nitrogens with one attached hydrogen (secondary N) is 4. The van der Waals surface area contributed by atoms with Crippen LogP contribution in [0.5, 0.6) is 5.75 Å². The molecule has 1 saturated heterocycles. The first-order valence-electron chi connectivity index (χ1n) is 18.3. The Morgan fingerprint density at radius 3 is 2.13 bits per heavy atom. The number of unbranched alkanes of at least 4 members (excludes halogenated alkanes) is 2. The molecule has 19 nitrogen and oxygen atoms in total. The van der Waals surface area contributed by atoms with Gasteiger partial charge in [0.25, 0.3) is 11.8 Å². The number of rotatable bonds is 20. The van der Waals surface area contributed by atoms with Gasteiger partial charge in [0.2, 0.25) is 17.7 Å². The largest absolute Gasteiger partial charge is 0.465 e. The van der Waals surface area contributed by atoms with E-state index in [-0.39, 0.29) is 55.3 Å². The zero-order valence-corrected chi connectivity index (χ0v) is 31.6. The van der Waals surface area contributed by atoms with Crippen LogP contribution in [0, 0.1) is 5.92 Å². The molecule has 0 bridgehead atoms. The number of nitrogens with zero attached hydrogens (tertiary/aromatic N) is 4. The van der Waals surface area contributed by atoms with Crippen LogP contribution in [-0.4, -0.2) is 144 Å². The van der Waals surface area contributed by atoms with E-state index in [2.05, 4.69) is 26.2 Å². The maximum Gasteiger partial charge on any atom is 0.415 e. The van der Waals surface area contributed by atoms with E-state index in [0.717, 1.165) is 4.90 Å². The second-order valence-electron chi connectivity index (χ2n) is 13.7. The average molecular weight is 772 g/mol. The number of anilines is 1. The summed E-state index contributed by atoms with van der Waals surface area (Å²) in [5, 5.41) is 19.8. The number of urea groups is 1. The number of carbonyl (C=O) groups is 8. The molecule has 0 aliphatic carbocycles. The molecule has 0 radical (unpaired) electrons. The lowest BCUT2D eigenvalue weighted by Crippen LogP contribution is -2.54. The molecule has 0 unspecified atom stereocenters. The summed E-state index contributed by atoms with van der Waals surface area (Å²) >= 11 is 0. The number of nitrogens with two attached hydrogens (primary N) is 1. The van der Waals surface area contributed by atoms with Gasteiger partial charge in [0.1, 0.15) is 17.8 Å². The van der Waals surface area contributed by atoms with Crippen molar-refractivity contribution in [1.29, 1.82) is 0 Å². The molecular formula is C36H53N9O10. The summed E-state index contributed by atoms with van der Waals surface area (Å²) in [6, 6.07) is 3.34. The van der Waals surface area contributed by atoms with Crippen molar-refractivity contribution < 1.29 is 48.2 Å². The summed E-state index contributed by atoms with van der Waals surface area (Å²) < 4.78 is 5.46. The lowest BCUT2D eigenvalue weighted by atomic mass is 10.0. The highest BCUT2D eigenvalue weighted by atomic mass is 16.6. The van der Waals surface area contributed by atoms with Crippen LogP contribution in [0.3, 0.4) is 0 Å². The third-order valence-corrected chi connectivity index (χ3v) is 9.09. The Balaban J connectivity index is 1.50. The first kappa shape index (κ1) is 43.7. The molecule has 1 aromatic carbocycles. The van der Waals surface area contributed by atoms with Gasteiger partial charge in [0, 0.05) is 83.7 Å². The fourth-order valence-corrected chi connectivity index (χ4v) is 5.77. The number of primary amides is 1. The summed E-state index contributed by atoms with van der Waals surface area (Å²) in [6.07, 6.45) is 3.05. The minimum absolute atomic E-state index is 0.120. The average Bonchev–Trinajstić information content (AvgIpc) is 3.46. The third kappa shape index (κ3) is 14.9. The van der Waals surface area contributed by atoms with Gasteiger partial charge in [-0.25, -0.2) is 14.4 Å². The van der Waals surface area contributed by atoms with Crippen LogP contribution in [0.25, 0.3) is 0 Å². The molecule has 2 aliphatic heterocycles. The van der Waals surface area contributed by atoms with Gasteiger partial charge >= 0.3 is 18.2 Å². The lowest BCUT2D eigenvalue weighted by Gasteiger charge is -2.33. The van der Waals surface area contributed by atoms with Crippen molar-refractivity contribution in [2.45, 2.75) is 64.5 Å². The van der Waals surface area contributed by atoms with Crippen molar-refractivity contribution in [3.05, 3.63) is 36.4 Å². The Bertz CT molecular complexity index is 1540. The van der Waals surface area contributed by atoms with Gasteiger partial charge in [-0.15, -0.1) is 0 Å². The molecule has 9 amide bonds. The number of carboxylic acid groups (broad SMARTS) is 1. The van der Waals surface area contributed by atoms with Gasteiger partial charge in [0.05, 0.1) is 0 Å². The third-order valence-electron chi connectivity index (χ3n) is 9.09. The fraction of sp³-hybridized carbons (Fsp3) is 0.556. The summed E-state index contributed by atoms with van der Waals surface area (Å²) in [5.74, 6) is -2.29. The number of imide groups is 1. The van der Waals surface area contributed by atoms with E-state index < -0.39 is 42.1 Å². The smallest absolute Gasteiger partial charge is 0.415 e. The van der Waals surface area contributed by atoms with Crippen LogP contribution in [0.2, 0.25) is 0 Å². The van der Waals surface area contributed by atoms with Gasteiger partial charge < -0.3 is 46.6 Å². The molecule has 2 atom stereocenters. The highest BCUT2D eigenvalue weighted by molar-refractivity contribution is 6.12. The minimum Gasteiger partial charge on any atom is -0.465 e. The Hall–Kier alpha value is -5.72. The summed E-state index contributed by atoms with van der Waals surface area (Å²) in [6.45, 7) is 6.80. The van der Waals surface area contributed by atoms with Crippen LogP contribution >= 0.6 is 0 Å². The molecule has 1 aromatic rings. The van der Waals surface area contributed by atoms with Crippen molar-refractivity contribution in [3.8, 4) is 5.75 Å². The molecule has 7 N–H and O–H groups in total. The number of amides is 9. The van der Waals surface area contributed by atoms with Crippen molar-refractivity contribution in [2.24, 2.45) is 11.7 Å². The number of ether oxygens (including phenoxy) is 1. The van der Waals surface area contributed by atoms with Crippen molar-refractivity contribution >= 4 is 53.4 Å². The predicted octanol–water partition coefficient (Wildman–Crippen LogP) is 0.911. The van der Waals surface area contributed by atoms with Crippen LogP contribution in [-0.2, 0) is 24.0 Å².